The van der Waals surface area contributed by atoms with E-state index in [0.717, 1.165) is 4.88 Å². The fourth-order valence-corrected chi connectivity index (χ4v) is 3.76. The van der Waals surface area contributed by atoms with Crippen molar-refractivity contribution >= 4 is 21.2 Å². The van der Waals surface area contributed by atoms with Gasteiger partial charge >= 0.3 is 0 Å². The SMILES string of the molecule is NCc1ccc(S(=O)(=O)c2ccccn2)s1. The molecule has 84 valence electrons. The molecule has 2 aromatic heterocycles. The molecule has 0 aliphatic carbocycles. The first-order chi connectivity index (χ1) is 7.64. The first-order valence-corrected chi connectivity index (χ1v) is 6.89. The molecule has 0 unspecified atom stereocenters. The molecule has 0 aromatic carbocycles. The highest BCUT2D eigenvalue weighted by Crippen LogP contribution is 2.26. The molecule has 0 saturated heterocycles. The van der Waals surface area contributed by atoms with Crippen molar-refractivity contribution in [3.63, 3.8) is 0 Å². The summed E-state index contributed by atoms with van der Waals surface area (Å²) in [7, 11) is -3.48. The van der Waals surface area contributed by atoms with E-state index in [2.05, 4.69) is 4.98 Å². The molecule has 0 atom stereocenters. The van der Waals surface area contributed by atoms with E-state index in [1.807, 2.05) is 0 Å². The standard InChI is InChI=1S/C10H10N2O2S2/c11-7-8-4-5-10(15-8)16(13,14)9-3-1-2-6-12-9/h1-6H,7,11H2. The topological polar surface area (TPSA) is 73.1 Å². The monoisotopic (exact) mass is 254 g/mol. The van der Waals surface area contributed by atoms with Gasteiger partial charge in [0.15, 0.2) is 5.03 Å². The summed E-state index contributed by atoms with van der Waals surface area (Å²) < 4.78 is 24.4. The quantitative estimate of drug-likeness (QED) is 0.899. The van der Waals surface area contributed by atoms with E-state index in [4.69, 9.17) is 5.73 Å². The van der Waals surface area contributed by atoms with Gasteiger partial charge in [-0.3, -0.25) is 0 Å². The summed E-state index contributed by atoms with van der Waals surface area (Å²) in [5, 5.41) is 0.0698. The van der Waals surface area contributed by atoms with E-state index in [-0.39, 0.29) is 9.24 Å². The van der Waals surface area contributed by atoms with Gasteiger partial charge in [0.05, 0.1) is 0 Å². The number of pyridine rings is 1. The molecule has 0 amide bonds. The first-order valence-electron chi connectivity index (χ1n) is 4.59. The second kappa shape index (κ2) is 4.32. The van der Waals surface area contributed by atoms with Crippen molar-refractivity contribution in [2.75, 3.05) is 0 Å². The van der Waals surface area contributed by atoms with Gasteiger partial charge in [0.2, 0.25) is 9.84 Å². The Morgan fingerprint density at radius 3 is 2.62 bits per heavy atom. The fraction of sp³-hybridized carbons (Fsp3) is 0.100. The second-order valence-electron chi connectivity index (χ2n) is 3.10. The zero-order chi connectivity index (χ0) is 11.6. The third-order valence-corrected chi connectivity index (χ3v) is 5.28. The summed E-state index contributed by atoms with van der Waals surface area (Å²) in [5.41, 5.74) is 5.45. The summed E-state index contributed by atoms with van der Waals surface area (Å²) in [6.45, 7) is 0.350. The maximum atomic E-state index is 12.1. The van der Waals surface area contributed by atoms with Crippen LogP contribution in [0.2, 0.25) is 0 Å². The van der Waals surface area contributed by atoms with Crippen LogP contribution in [-0.4, -0.2) is 13.4 Å². The molecule has 0 radical (unpaired) electrons. The molecule has 2 rings (SSSR count). The molecule has 16 heavy (non-hydrogen) atoms. The van der Waals surface area contributed by atoms with E-state index in [1.165, 1.54) is 23.6 Å². The molecule has 2 aromatic rings. The molecular weight excluding hydrogens is 244 g/mol. The lowest BCUT2D eigenvalue weighted by Gasteiger charge is -1.99. The lowest BCUT2D eigenvalue weighted by Crippen LogP contribution is -2.01. The van der Waals surface area contributed by atoms with Crippen LogP contribution in [0, 0.1) is 0 Å². The Morgan fingerprint density at radius 2 is 2.06 bits per heavy atom. The number of aromatic nitrogens is 1. The fourth-order valence-electron chi connectivity index (χ4n) is 1.22. The number of thiophene rings is 1. The van der Waals surface area contributed by atoms with Gasteiger partial charge in [-0.25, -0.2) is 13.4 Å². The Labute approximate surface area is 97.7 Å². The first kappa shape index (κ1) is 11.3. The highest BCUT2D eigenvalue weighted by atomic mass is 32.2. The molecule has 2 N–H and O–H groups in total. The van der Waals surface area contributed by atoms with E-state index >= 15 is 0 Å². The van der Waals surface area contributed by atoms with Crippen LogP contribution in [0.25, 0.3) is 0 Å². The Balaban J connectivity index is 2.47. The second-order valence-corrected chi connectivity index (χ2v) is 6.39. The number of hydrogen-bond acceptors (Lipinski definition) is 5. The smallest absolute Gasteiger partial charge is 0.233 e. The summed E-state index contributed by atoms with van der Waals surface area (Å²) in [5.74, 6) is 0. The number of rotatable bonds is 3. The maximum absolute atomic E-state index is 12.1. The highest BCUT2D eigenvalue weighted by molar-refractivity contribution is 7.93. The lowest BCUT2D eigenvalue weighted by atomic mass is 10.5. The Kier molecular flexibility index (Phi) is 3.04. The van der Waals surface area contributed by atoms with E-state index < -0.39 is 9.84 Å². The summed E-state index contributed by atoms with van der Waals surface area (Å²) in [6, 6.07) is 8.10. The molecule has 0 fully saturated rings. The third-order valence-electron chi connectivity index (χ3n) is 2.02. The predicted molar refractivity (Wildman–Crippen MR) is 61.9 cm³/mol. The van der Waals surface area contributed by atoms with Gasteiger partial charge in [-0.2, -0.15) is 0 Å². The van der Waals surface area contributed by atoms with Crippen LogP contribution in [-0.2, 0) is 16.4 Å². The van der Waals surface area contributed by atoms with Crippen molar-refractivity contribution in [1.82, 2.24) is 4.98 Å². The van der Waals surface area contributed by atoms with Crippen molar-refractivity contribution < 1.29 is 8.42 Å². The molecule has 0 spiro atoms. The molecule has 0 aliphatic rings. The normalized spacial score (nSPS) is 11.6. The summed E-state index contributed by atoms with van der Waals surface area (Å²) in [6.07, 6.45) is 1.46. The Morgan fingerprint density at radius 1 is 1.25 bits per heavy atom. The average Bonchev–Trinajstić information content (AvgIpc) is 2.79. The van der Waals surface area contributed by atoms with Gasteiger partial charge in [0.25, 0.3) is 0 Å². The van der Waals surface area contributed by atoms with Gasteiger partial charge in [-0.15, -0.1) is 11.3 Å². The molecule has 0 aliphatic heterocycles. The van der Waals surface area contributed by atoms with Gasteiger partial charge in [-0.1, -0.05) is 6.07 Å². The minimum absolute atomic E-state index is 0.0698. The van der Waals surface area contributed by atoms with Crippen LogP contribution in [0.3, 0.4) is 0 Å². The Hall–Kier alpha value is -1.24. The number of sulfone groups is 1. The largest absolute Gasteiger partial charge is 0.326 e. The van der Waals surface area contributed by atoms with Gasteiger partial charge in [-0.05, 0) is 24.3 Å². The van der Waals surface area contributed by atoms with Crippen LogP contribution in [0.1, 0.15) is 4.88 Å². The average molecular weight is 254 g/mol. The predicted octanol–water partition coefficient (Wildman–Crippen LogP) is 1.43. The molecule has 0 bridgehead atoms. The number of hydrogen-bond donors (Lipinski definition) is 1. The van der Waals surface area contributed by atoms with E-state index in [0.29, 0.717) is 6.54 Å². The van der Waals surface area contributed by atoms with Crippen molar-refractivity contribution in [2.24, 2.45) is 5.73 Å². The number of nitrogens with zero attached hydrogens (tertiary/aromatic N) is 1. The zero-order valence-electron chi connectivity index (χ0n) is 8.33. The van der Waals surface area contributed by atoms with Crippen molar-refractivity contribution in [1.29, 1.82) is 0 Å². The molecule has 4 nitrogen and oxygen atoms in total. The molecular formula is C10H10N2O2S2. The van der Waals surface area contributed by atoms with Gasteiger partial charge < -0.3 is 5.73 Å². The van der Waals surface area contributed by atoms with Gasteiger partial charge in [0, 0.05) is 17.6 Å². The van der Waals surface area contributed by atoms with Crippen LogP contribution < -0.4 is 5.73 Å². The highest BCUT2D eigenvalue weighted by Gasteiger charge is 2.20. The van der Waals surface area contributed by atoms with Crippen molar-refractivity contribution in [3.05, 3.63) is 41.4 Å². The van der Waals surface area contributed by atoms with Crippen molar-refractivity contribution in [2.45, 2.75) is 15.8 Å². The lowest BCUT2D eigenvalue weighted by molar-refractivity contribution is 0.594. The molecule has 2 heterocycles. The van der Waals surface area contributed by atoms with Crippen LogP contribution in [0.5, 0.6) is 0 Å². The molecule has 6 heteroatoms. The van der Waals surface area contributed by atoms with E-state index in [9.17, 15) is 8.42 Å². The summed E-state index contributed by atoms with van der Waals surface area (Å²) >= 11 is 1.18. The molecule has 0 saturated carbocycles. The summed E-state index contributed by atoms with van der Waals surface area (Å²) in [4.78, 5) is 4.69. The van der Waals surface area contributed by atoms with Crippen LogP contribution in [0.15, 0.2) is 45.8 Å². The van der Waals surface area contributed by atoms with Crippen molar-refractivity contribution in [3.8, 4) is 0 Å². The Bertz CT molecular complexity index is 576. The van der Waals surface area contributed by atoms with Gasteiger partial charge in [0.1, 0.15) is 4.21 Å². The van der Waals surface area contributed by atoms with E-state index in [1.54, 1.807) is 24.3 Å². The maximum Gasteiger partial charge on any atom is 0.233 e. The third kappa shape index (κ3) is 1.99. The van der Waals surface area contributed by atoms with Crippen LogP contribution in [0.4, 0.5) is 0 Å². The minimum Gasteiger partial charge on any atom is -0.326 e. The number of nitrogens with two attached hydrogens (primary N) is 1. The zero-order valence-corrected chi connectivity index (χ0v) is 9.96. The van der Waals surface area contributed by atoms with Crippen LogP contribution >= 0.6 is 11.3 Å². The minimum atomic E-state index is -3.48.